The Morgan fingerprint density at radius 1 is 1.33 bits per heavy atom. The maximum absolute atomic E-state index is 12.8. The summed E-state index contributed by atoms with van der Waals surface area (Å²) < 4.78 is 23.7. The molecule has 1 aliphatic rings. The van der Waals surface area contributed by atoms with Gasteiger partial charge >= 0.3 is 0 Å². The van der Waals surface area contributed by atoms with E-state index in [0.29, 0.717) is 24.7 Å². The molecule has 0 aliphatic carbocycles. The molecule has 0 bridgehead atoms. The summed E-state index contributed by atoms with van der Waals surface area (Å²) in [5.41, 5.74) is 5.99. The van der Waals surface area contributed by atoms with Gasteiger partial charge in [0.15, 0.2) is 0 Å². The first-order chi connectivity index (χ1) is 7.25. The van der Waals surface area contributed by atoms with Crippen molar-refractivity contribution in [1.82, 2.24) is 0 Å². The molecule has 1 heterocycles. The number of halogens is 1. The Morgan fingerprint density at radius 3 is 2.73 bits per heavy atom. The first kappa shape index (κ1) is 10.2. The molecule has 1 aromatic carbocycles. The fraction of sp³-hybridized carbons (Fsp3) is 0.455. The maximum atomic E-state index is 12.8. The second-order valence-electron chi connectivity index (χ2n) is 3.61. The van der Waals surface area contributed by atoms with Crippen LogP contribution in [0.1, 0.15) is 12.8 Å². The number of nitrogen functional groups attached to an aromatic ring is 1. The van der Waals surface area contributed by atoms with Gasteiger partial charge in [-0.2, -0.15) is 0 Å². The minimum atomic E-state index is -0.341. The van der Waals surface area contributed by atoms with Crippen molar-refractivity contribution in [3.63, 3.8) is 0 Å². The Balaban J connectivity index is 2.03. The second kappa shape index (κ2) is 4.49. The molecule has 15 heavy (non-hydrogen) atoms. The number of ether oxygens (including phenoxy) is 2. The zero-order chi connectivity index (χ0) is 10.7. The number of anilines is 1. The monoisotopic (exact) mass is 211 g/mol. The summed E-state index contributed by atoms with van der Waals surface area (Å²) >= 11 is 0. The van der Waals surface area contributed by atoms with E-state index in [9.17, 15) is 4.39 Å². The average molecular weight is 211 g/mol. The van der Waals surface area contributed by atoms with E-state index in [2.05, 4.69) is 0 Å². The predicted octanol–water partition coefficient (Wildman–Crippen LogP) is 1.97. The van der Waals surface area contributed by atoms with E-state index in [1.54, 1.807) is 6.07 Å². The zero-order valence-corrected chi connectivity index (χ0v) is 8.41. The van der Waals surface area contributed by atoms with E-state index in [1.165, 1.54) is 12.1 Å². The number of benzene rings is 1. The van der Waals surface area contributed by atoms with Gasteiger partial charge in [-0.05, 0) is 12.1 Å². The number of nitrogens with two attached hydrogens (primary N) is 1. The lowest BCUT2D eigenvalue weighted by atomic mass is 10.1. The van der Waals surface area contributed by atoms with Crippen LogP contribution in [0.4, 0.5) is 10.1 Å². The van der Waals surface area contributed by atoms with E-state index in [0.717, 1.165) is 12.8 Å². The SMILES string of the molecule is Nc1cc(F)ccc1OC1CCOCC1. The Labute approximate surface area is 88.0 Å². The second-order valence-corrected chi connectivity index (χ2v) is 3.61. The lowest BCUT2D eigenvalue weighted by Gasteiger charge is -2.23. The quantitative estimate of drug-likeness (QED) is 0.760. The van der Waals surface area contributed by atoms with Gasteiger partial charge in [0.1, 0.15) is 17.7 Å². The molecule has 4 heteroatoms. The molecule has 3 nitrogen and oxygen atoms in total. The third-order valence-corrected chi connectivity index (χ3v) is 2.43. The van der Waals surface area contributed by atoms with E-state index in [1.807, 2.05) is 0 Å². The van der Waals surface area contributed by atoms with Crippen LogP contribution in [0, 0.1) is 5.82 Å². The van der Waals surface area contributed by atoms with Crippen LogP contribution in [0.25, 0.3) is 0 Å². The largest absolute Gasteiger partial charge is 0.488 e. The molecule has 0 atom stereocenters. The van der Waals surface area contributed by atoms with E-state index < -0.39 is 0 Å². The Hall–Kier alpha value is -1.29. The molecule has 0 aromatic heterocycles. The molecule has 1 fully saturated rings. The van der Waals surface area contributed by atoms with Crippen LogP contribution in [0.2, 0.25) is 0 Å². The molecule has 0 unspecified atom stereocenters. The van der Waals surface area contributed by atoms with Crippen molar-refractivity contribution < 1.29 is 13.9 Å². The highest BCUT2D eigenvalue weighted by atomic mass is 19.1. The van der Waals surface area contributed by atoms with Crippen LogP contribution in [0.3, 0.4) is 0 Å². The van der Waals surface area contributed by atoms with Crippen molar-refractivity contribution in [3.05, 3.63) is 24.0 Å². The lowest BCUT2D eigenvalue weighted by molar-refractivity contribution is 0.0258. The highest BCUT2D eigenvalue weighted by Crippen LogP contribution is 2.25. The van der Waals surface area contributed by atoms with Crippen molar-refractivity contribution in [2.24, 2.45) is 0 Å². The zero-order valence-electron chi connectivity index (χ0n) is 8.41. The topological polar surface area (TPSA) is 44.5 Å². The third kappa shape index (κ3) is 2.59. The highest BCUT2D eigenvalue weighted by molar-refractivity contribution is 5.52. The number of hydrogen-bond acceptors (Lipinski definition) is 3. The van der Waals surface area contributed by atoms with Gasteiger partial charge < -0.3 is 15.2 Å². The summed E-state index contributed by atoms with van der Waals surface area (Å²) in [7, 11) is 0. The number of hydrogen-bond donors (Lipinski definition) is 1. The van der Waals surface area contributed by atoms with Crippen molar-refractivity contribution in [1.29, 1.82) is 0 Å². The maximum Gasteiger partial charge on any atom is 0.142 e. The lowest BCUT2D eigenvalue weighted by Crippen LogP contribution is -2.26. The molecule has 2 rings (SSSR count). The predicted molar refractivity (Wildman–Crippen MR) is 55.3 cm³/mol. The molecule has 0 spiro atoms. The van der Waals surface area contributed by atoms with E-state index in [-0.39, 0.29) is 11.9 Å². The fourth-order valence-corrected chi connectivity index (χ4v) is 1.60. The van der Waals surface area contributed by atoms with Gasteiger partial charge in [0.2, 0.25) is 0 Å². The fourth-order valence-electron chi connectivity index (χ4n) is 1.60. The minimum Gasteiger partial charge on any atom is -0.488 e. The number of rotatable bonds is 2. The van der Waals surface area contributed by atoms with Crippen LogP contribution in [-0.4, -0.2) is 19.3 Å². The van der Waals surface area contributed by atoms with Crippen molar-refractivity contribution in [2.45, 2.75) is 18.9 Å². The molecule has 1 aliphatic heterocycles. The molecule has 1 aromatic rings. The summed E-state index contributed by atoms with van der Waals surface area (Å²) in [5, 5.41) is 0. The first-order valence-electron chi connectivity index (χ1n) is 5.05. The van der Waals surface area contributed by atoms with Crippen molar-refractivity contribution in [3.8, 4) is 5.75 Å². The summed E-state index contributed by atoms with van der Waals surface area (Å²) in [5.74, 6) is 0.218. The smallest absolute Gasteiger partial charge is 0.142 e. The molecule has 2 N–H and O–H groups in total. The van der Waals surface area contributed by atoms with E-state index >= 15 is 0 Å². The van der Waals surface area contributed by atoms with Gasteiger partial charge in [-0.25, -0.2) is 4.39 Å². The van der Waals surface area contributed by atoms with Gasteiger partial charge in [-0.1, -0.05) is 0 Å². The molecule has 0 amide bonds. The van der Waals surface area contributed by atoms with Crippen molar-refractivity contribution in [2.75, 3.05) is 18.9 Å². The van der Waals surface area contributed by atoms with Gasteiger partial charge in [0.25, 0.3) is 0 Å². The third-order valence-electron chi connectivity index (χ3n) is 2.43. The van der Waals surface area contributed by atoms with E-state index in [4.69, 9.17) is 15.2 Å². The normalized spacial score (nSPS) is 17.7. The summed E-state index contributed by atoms with van der Waals surface area (Å²) in [6.07, 6.45) is 1.85. The van der Waals surface area contributed by atoms with Crippen LogP contribution in [0.5, 0.6) is 5.75 Å². The van der Waals surface area contributed by atoms with Gasteiger partial charge in [0.05, 0.1) is 18.9 Å². The van der Waals surface area contributed by atoms with Crippen LogP contribution in [-0.2, 0) is 4.74 Å². The van der Waals surface area contributed by atoms with Crippen LogP contribution < -0.4 is 10.5 Å². The van der Waals surface area contributed by atoms with Gasteiger partial charge in [0, 0.05) is 18.9 Å². The standard InChI is InChI=1S/C11H14FNO2/c12-8-1-2-11(10(13)7-8)15-9-3-5-14-6-4-9/h1-2,7,9H,3-6,13H2. The summed E-state index contributed by atoms with van der Waals surface area (Å²) in [6, 6.07) is 4.19. The molecule has 82 valence electrons. The molecule has 0 radical (unpaired) electrons. The van der Waals surface area contributed by atoms with Crippen LogP contribution in [0.15, 0.2) is 18.2 Å². The highest BCUT2D eigenvalue weighted by Gasteiger charge is 2.16. The molecule has 1 saturated heterocycles. The summed E-state index contributed by atoms with van der Waals surface area (Å²) in [6.45, 7) is 1.43. The summed E-state index contributed by atoms with van der Waals surface area (Å²) in [4.78, 5) is 0. The Morgan fingerprint density at radius 2 is 2.07 bits per heavy atom. The average Bonchev–Trinajstić information content (AvgIpc) is 2.24. The molecule has 0 saturated carbocycles. The van der Waals surface area contributed by atoms with Gasteiger partial charge in [-0.15, -0.1) is 0 Å². The van der Waals surface area contributed by atoms with Crippen LogP contribution >= 0.6 is 0 Å². The molecular formula is C11H14FNO2. The van der Waals surface area contributed by atoms with Crippen molar-refractivity contribution >= 4 is 5.69 Å². The Kier molecular flexibility index (Phi) is 3.06. The van der Waals surface area contributed by atoms with Gasteiger partial charge in [-0.3, -0.25) is 0 Å². The first-order valence-corrected chi connectivity index (χ1v) is 5.05. The Bertz CT molecular complexity index is 337. The minimum absolute atomic E-state index is 0.131. The molecular weight excluding hydrogens is 197 g/mol.